The smallest absolute Gasteiger partial charge is 0.399 e. The number of benzene rings is 1. The molecule has 0 spiro atoms. The Hall–Kier alpha value is -1.51. The van der Waals surface area contributed by atoms with E-state index in [0.29, 0.717) is 12.1 Å². The summed E-state index contributed by atoms with van der Waals surface area (Å²) in [6, 6.07) is 1.65. The molecule has 0 amide bonds. The minimum absolute atomic E-state index is 0.327. The summed E-state index contributed by atoms with van der Waals surface area (Å²) in [6.45, 7) is 0. The summed E-state index contributed by atoms with van der Waals surface area (Å²) in [5.41, 5.74) is 3.45. The van der Waals surface area contributed by atoms with Crippen LogP contribution in [0.5, 0.6) is 5.75 Å². The summed E-state index contributed by atoms with van der Waals surface area (Å²) in [5, 5.41) is 0. The van der Waals surface area contributed by atoms with Crippen molar-refractivity contribution in [3.05, 3.63) is 23.8 Å². The van der Waals surface area contributed by atoms with Crippen molar-refractivity contribution in [3.8, 4) is 5.75 Å². The number of alkyl halides is 3. The second-order valence-electron chi connectivity index (χ2n) is 2.76. The van der Waals surface area contributed by atoms with Gasteiger partial charge in [0, 0.05) is 11.8 Å². The molecule has 1 aromatic carbocycles. The molecule has 0 aliphatic heterocycles. The van der Waals surface area contributed by atoms with E-state index in [1.165, 1.54) is 0 Å². The number of hydrogen-bond donors (Lipinski definition) is 1. The molecule has 0 aliphatic carbocycles. The average molecular weight is 259 g/mol. The van der Waals surface area contributed by atoms with Gasteiger partial charge in [-0.05, 0) is 12.1 Å². The number of nitrogen functional groups attached to an aromatic ring is 1. The zero-order valence-electron chi connectivity index (χ0n) is 7.45. The highest BCUT2D eigenvalue weighted by molar-refractivity contribution is 7.81. The summed E-state index contributed by atoms with van der Waals surface area (Å²) < 4.78 is 72.5. The van der Waals surface area contributed by atoms with E-state index in [-0.39, 0.29) is 0 Å². The highest BCUT2D eigenvalue weighted by atomic mass is 32.3. The Bertz CT molecular complexity index is 497. The van der Waals surface area contributed by atoms with Crippen molar-refractivity contribution in [2.45, 2.75) is 6.18 Å². The van der Waals surface area contributed by atoms with Gasteiger partial charge < -0.3 is 9.92 Å². The molecule has 0 unspecified atom stereocenters. The molecule has 0 saturated carbocycles. The van der Waals surface area contributed by atoms with E-state index < -0.39 is 33.7 Å². The van der Waals surface area contributed by atoms with E-state index in [4.69, 9.17) is 5.73 Å². The monoisotopic (exact) mass is 259 g/mol. The molecule has 0 radical (unpaired) electrons. The molecule has 16 heavy (non-hydrogen) atoms. The first-order valence-electron chi connectivity index (χ1n) is 3.70. The van der Waals surface area contributed by atoms with Crippen LogP contribution in [0.1, 0.15) is 5.56 Å². The van der Waals surface area contributed by atoms with Crippen LogP contribution in [0.3, 0.4) is 0 Å². The molecule has 0 atom stereocenters. The maximum absolute atomic E-state index is 12.2. The molecule has 90 valence electrons. The van der Waals surface area contributed by atoms with Crippen LogP contribution in [0.25, 0.3) is 0 Å². The summed E-state index contributed by atoms with van der Waals surface area (Å²) in [6.07, 6.45) is -4.73. The van der Waals surface area contributed by atoms with Crippen molar-refractivity contribution in [2.75, 3.05) is 5.73 Å². The molecule has 0 saturated heterocycles. The molecular weight excluding hydrogens is 254 g/mol. The van der Waals surface area contributed by atoms with Gasteiger partial charge in [-0.1, -0.05) is 3.89 Å². The molecule has 1 aromatic rings. The molecule has 0 aliphatic rings. The molecular formula is C7H5F4NO3S. The maximum Gasteiger partial charge on any atom is 0.488 e. The van der Waals surface area contributed by atoms with Gasteiger partial charge in [-0.3, -0.25) is 0 Å². The Morgan fingerprint density at radius 2 is 1.75 bits per heavy atom. The van der Waals surface area contributed by atoms with Crippen molar-refractivity contribution < 1.29 is 29.7 Å². The fraction of sp³-hybridized carbons (Fsp3) is 0.143. The first-order valence-corrected chi connectivity index (χ1v) is 5.00. The van der Waals surface area contributed by atoms with E-state index in [9.17, 15) is 25.5 Å². The average Bonchev–Trinajstić information content (AvgIpc) is 1.97. The van der Waals surface area contributed by atoms with Gasteiger partial charge in [0.05, 0.1) is 5.56 Å². The lowest BCUT2D eigenvalue weighted by atomic mass is 10.2. The summed E-state index contributed by atoms with van der Waals surface area (Å²) >= 11 is 0. The van der Waals surface area contributed by atoms with Gasteiger partial charge in [0.15, 0.2) is 0 Å². The van der Waals surface area contributed by atoms with Crippen LogP contribution < -0.4 is 9.92 Å². The van der Waals surface area contributed by atoms with Gasteiger partial charge >= 0.3 is 16.7 Å². The van der Waals surface area contributed by atoms with Crippen LogP contribution in [0.2, 0.25) is 0 Å². The van der Waals surface area contributed by atoms with Gasteiger partial charge in [0.25, 0.3) is 0 Å². The van der Waals surface area contributed by atoms with Crippen LogP contribution in [0.4, 0.5) is 22.7 Å². The number of nitrogens with two attached hydrogens (primary N) is 1. The van der Waals surface area contributed by atoms with Crippen LogP contribution in [0, 0.1) is 0 Å². The van der Waals surface area contributed by atoms with Crippen LogP contribution in [0.15, 0.2) is 18.2 Å². The second-order valence-corrected chi connectivity index (χ2v) is 3.72. The normalized spacial score (nSPS) is 12.5. The fourth-order valence-electron chi connectivity index (χ4n) is 0.949. The lowest BCUT2D eigenvalue weighted by Gasteiger charge is -2.09. The third-order valence-corrected chi connectivity index (χ3v) is 1.84. The Morgan fingerprint density at radius 1 is 1.19 bits per heavy atom. The Morgan fingerprint density at radius 3 is 2.19 bits per heavy atom. The van der Waals surface area contributed by atoms with Gasteiger partial charge in [-0.25, -0.2) is 0 Å². The lowest BCUT2D eigenvalue weighted by Crippen LogP contribution is -2.08. The third kappa shape index (κ3) is 3.57. The van der Waals surface area contributed by atoms with E-state index in [2.05, 4.69) is 4.18 Å². The minimum Gasteiger partial charge on any atom is -0.399 e. The minimum atomic E-state index is -5.38. The summed E-state index contributed by atoms with van der Waals surface area (Å²) in [5.74, 6) is -0.838. The standard InChI is InChI=1S/C7H5F4NO3S/c8-7(9,10)4-1-5(12)3-6(2-4)15-16(11,13)14/h1-3H,12H2. The molecule has 0 heterocycles. The Balaban J connectivity index is 3.19. The van der Waals surface area contributed by atoms with Crippen molar-refractivity contribution in [1.29, 1.82) is 0 Å². The highest BCUT2D eigenvalue weighted by Gasteiger charge is 2.31. The van der Waals surface area contributed by atoms with Gasteiger partial charge in [0.1, 0.15) is 5.75 Å². The Labute approximate surface area is 88.0 Å². The largest absolute Gasteiger partial charge is 0.488 e. The van der Waals surface area contributed by atoms with Crippen LogP contribution in [-0.4, -0.2) is 8.42 Å². The second kappa shape index (κ2) is 3.81. The lowest BCUT2D eigenvalue weighted by molar-refractivity contribution is -0.137. The van der Waals surface area contributed by atoms with Gasteiger partial charge in [0.2, 0.25) is 0 Å². The Kier molecular flexibility index (Phi) is 2.99. The first kappa shape index (κ1) is 12.6. The van der Waals surface area contributed by atoms with Crippen LogP contribution in [-0.2, 0) is 16.7 Å². The van der Waals surface area contributed by atoms with Crippen LogP contribution >= 0.6 is 0 Å². The first-order chi connectivity index (χ1) is 7.08. The summed E-state index contributed by atoms with van der Waals surface area (Å²) in [4.78, 5) is 0. The predicted molar refractivity (Wildman–Crippen MR) is 46.5 cm³/mol. The number of halogens is 4. The maximum atomic E-state index is 12.2. The molecule has 9 heteroatoms. The quantitative estimate of drug-likeness (QED) is 0.500. The third-order valence-electron chi connectivity index (χ3n) is 1.45. The zero-order valence-corrected chi connectivity index (χ0v) is 8.27. The predicted octanol–water partition coefficient (Wildman–Crippen LogP) is 1.88. The molecule has 2 N–H and O–H groups in total. The van der Waals surface area contributed by atoms with E-state index in [0.717, 1.165) is 6.07 Å². The van der Waals surface area contributed by atoms with Gasteiger partial charge in [-0.15, -0.1) is 0 Å². The van der Waals surface area contributed by atoms with Crippen molar-refractivity contribution in [3.63, 3.8) is 0 Å². The van der Waals surface area contributed by atoms with Crippen molar-refractivity contribution in [2.24, 2.45) is 0 Å². The summed E-state index contributed by atoms with van der Waals surface area (Å²) in [7, 11) is -5.38. The molecule has 0 aromatic heterocycles. The topological polar surface area (TPSA) is 69.4 Å². The number of anilines is 1. The SMILES string of the molecule is Nc1cc(OS(=O)(=O)F)cc(C(F)(F)F)c1. The zero-order chi connectivity index (χ0) is 12.6. The van der Waals surface area contributed by atoms with E-state index in [1.54, 1.807) is 0 Å². The number of hydrogen-bond acceptors (Lipinski definition) is 4. The van der Waals surface area contributed by atoms with Crippen molar-refractivity contribution in [1.82, 2.24) is 0 Å². The van der Waals surface area contributed by atoms with E-state index >= 15 is 0 Å². The van der Waals surface area contributed by atoms with Gasteiger partial charge in [-0.2, -0.15) is 21.6 Å². The highest BCUT2D eigenvalue weighted by Crippen LogP contribution is 2.33. The fourth-order valence-corrected chi connectivity index (χ4v) is 1.27. The number of rotatable bonds is 2. The molecule has 1 rings (SSSR count). The molecule has 0 fully saturated rings. The van der Waals surface area contributed by atoms with Crippen molar-refractivity contribution >= 4 is 16.2 Å². The molecule has 4 nitrogen and oxygen atoms in total. The van der Waals surface area contributed by atoms with E-state index in [1.807, 2.05) is 0 Å². The molecule has 0 bridgehead atoms.